The first-order chi connectivity index (χ1) is 6.45. The van der Waals surface area contributed by atoms with Gasteiger partial charge < -0.3 is 8.85 Å². The van der Waals surface area contributed by atoms with E-state index in [-0.39, 0.29) is 5.78 Å². The molecule has 0 aromatic rings. The van der Waals surface area contributed by atoms with Gasteiger partial charge in [-0.2, -0.15) is 0 Å². The zero-order valence-corrected chi connectivity index (χ0v) is 10.6. The first-order valence-corrected chi connectivity index (χ1v) is 7.26. The molecule has 0 saturated carbocycles. The molecule has 0 N–H and O–H groups in total. The van der Waals surface area contributed by atoms with Crippen LogP contribution in [0.4, 0.5) is 0 Å². The summed E-state index contributed by atoms with van der Waals surface area (Å²) in [7, 11) is 1.35. The lowest BCUT2D eigenvalue weighted by Gasteiger charge is -2.22. The molecule has 3 nitrogen and oxygen atoms in total. The summed E-state index contributed by atoms with van der Waals surface area (Å²) in [5, 5.41) is 0. The van der Waals surface area contributed by atoms with Gasteiger partial charge in [-0.05, 0) is 31.5 Å². The normalized spacial score (nSPS) is 11.4. The van der Waals surface area contributed by atoms with Crippen LogP contribution in [-0.2, 0) is 13.6 Å². The number of allylic oxidation sites excluding steroid dienone is 1. The number of ketones is 1. The summed E-state index contributed by atoms with van der Waals surface area (Å²) < 4.78 is 10.6. The van der Waals surface area contributed by atoms with Crippen LogP contribution in [0.3, 0.4) is 0 Å². The number of hydrogen-bond donors (Lipinski definition) is 0. The summed E-state index contributed by atoms with van der Waals surface area (Å²) in [5.41, 5.74) is 0.628. The van der Waals surface area contributed by atoms with Gasteiger partial charge in [-0.3, -0.25) is 4.79 Å². The van der Waals surface area contributed by atoms with E-state index in [1.165, 1.54) is 0 Å². The summed E-state index contributed by atoms with van der Waals surface area (Å²) in [6.07, 6.45) is 1.36. The van der Waals surface area contributed by atoms with Crippen LogP contribution in [0.15, 0.2) is 12.2 Å². The minimum absolute atomic E-state index is 0.133. The Balaban J connectivity index is 3.83. The SMILES string of the molecule is C=C(C)C(=O)CCC[Si](C)(OC)OC. The lowest BCUT2D eigenvalue weighted by atomic mass is 10.1. The van der Waals surface area contributed by atoms with Crippen LogP contribution in [0.2, 0.25) is 12.6 Å². The van der Waals surface area contributed by atoms with E-state index in [1.807, 2.05) is 6.55 Å². The number of carbonyl (C=O) groups is 1. The number of rotatable bonds is 7. The van der Waals surface area contributed by atoms with Gasteiger partial charge in [-0.15, -0.1) is 0 Å². The van der Waals surface area contributed by atoms with Crippen molar-refractivity contribution in [3.63, 3.8) is 0 Å². The topological polar surface area (TPSA) is 35.5 Å². The average Bonchev–Trinajstić information content (AvgIpc) is 2.17. The Morgan fingerprint density at radius 1 is 1.36 bits per heavy atom. The maximum Gasteiger partial charge on any atom is 0.334 e. The summed E-state index contributed by atoms with van der Waals surface area (Å²) in [4.78, 5) is 11.2. The molecule has 0 radical (unpaired) electrons. The van der Waals surface area contributed by atoms with Gasteiger partial charge >= 0.3 is 8.56 Å². The van der Waals surface area contributed by atoms with Gasteiger partial charge in [0.2, 0.25) is 0 Å². The number of hydrogen-bond acceptors (Lipinski definition) is 3. The van der Waals surface area contributed by atoms with Crippen LogP contribution in [-0.4, -0.2) is 28.6 Å². The molecule has 0 unspecified atom stereocenters. The smallest absolute Gasteiger partial charge is 0.334 e. The van der Waals surface area contributed by atoms with Gasteiger partial charge in [0, 0.05) is 20.6 Å². The molecule has 0 rings (SSSR count). The van der Waals surface area contributed by atoms with Crippen LogP contribution in [0.5, 0.6) is 0 Å². The highest BCUT2D eigenvalue weighted by Gasteiger charge is 2.27. The van der Waals surface area contributed by atoms with Crippen molar-refractivity contribution in [3.8, 4) is 0 Å². The third-order valence-corrected chi connectivity index (χ3v) is 5.36. The van der Waals surface area contributed by atoms with Crippen molar-refractivity contribution in [2.45, 2.75) is 32.4 Å². The van der Waals surface area contributed by atoms with Crippen molar-refractivity contribution in [2.24, 2.45) is 0 Å². The lowest BCUT2D eigenvalue weighted by molar-refractivity contribution is -0.115. The molecule has 0 aliphatic carbocycles. The fraction of sp³-hybridized carbons (Fsp3) is 0.700. The predicted octanol–water partition coefficient (Wildman–Crippen LogP) is 2.28. The molecule has 0 aliphatic heterocycles. The molecule has 0 aromatic carbocycles. The Bertz CT molecular complexity index is 209. The van der Waals surface area contributed by atoms with Crippen molar-refractivity contribution < 1.29 is 13.6 Å². The largest absolute Gasteiger partial charge is 0.398 e. The molecule has 82 valence electrons. The number of carbonyl (C=O) groups excluding carboxylic acids is 1. The third kappa shape index (κ3) is 4.69. The molecule has 0 atom stereocenters. The fourth-order valence-corrected chi connectivity index (χ4v) is 2.46. The molecular weight excluding hydrogens is 196 g/mol. The summed E-state index contributed by atoms with van der Waals surface area (Å²) in [5.74, 6) is 0.133. The Labute approximate surface area is 87.4 Å². The Morgan fingerprint density at radius 2 is 1.86 bits per heavy atom. The first kappa shape index (κ1) is 13.5. The van der Waals surface area contributed by atoms with E-state index in [0.29, 0.717) is 12.0 Å². The molecule has 14 heavy (non-hydrogen) atoms. The molecule has 0 saturated heterocycles. The molecule has 0 bridgehead atoms. The second-order valence-electron chi connectivity index (χ2n) is 3.60. The standard InChI is InChI=1S/C10H20O3Si/c1-9(2)10(11)7-6-8-14(5,12-3)13-4/h1,6-8H2,2-5H3. The van der Waals surface area contributed by atoms with Crippen LogP contribution in [0.25, 0.3) is 0 Å². The summed E-state index contributed by atoms with van der Waals surface area (Å²) in [6, 6.07) is 0.846. The molecule has 0 aromatic heterocycles. The monoisotopic (exact) mass is 216 g/mol. The molecule has 0 amide bonds. The van der Waals surface area contributed by atoms with Gasteiger partial charge in [0.05, 0.1) is 0 Å². The Morgan fingerprint density at radius 3 is 2.21 bits per heavy atom. The predicted molar refractivity (Wildman–Crippen MR) is 59.5 cm³/mol. The molecule has 0 fully saturated rings. The third-order valence-electron chi connectivity index (χ3n) is 2.37. The number of Topliss-reactive ketones (excluding diaryl/α,β-unsaturated/α-hetero) is 1. The van der Waals surface area contributed by atoms with Gasteiger partial charge in [0.15, 0.2) is 5.78 Å². The van der Waals surface area contributed by atoms with Crippen molar-refractivity contribution in [3.05, 3.63) is 12.2 Å². The minimum atomic E-state index is -1.98. The second kappa shape index (κ2) is 6.11. The summed E-state index contributed by atoms with van der Waals surface area (Å²) >= 11 is 0. The maximum absolute atomic E-state index is 11.2. The Hall–Kier alpha value is -0.453. The highest BCUT2D eigenvalue weighted by atomic mass is 28.4. The van der Waals surface area contributed by atoms with Crippen molar-refractivity contribution in [1.82, 2.24) is 0 Å². The van der Waals surface area contributed by atoms with Crippen LogP contribution >= 0.6 is 0 Å². The lowest BCUT2D eigenvalue weighted by Crippen LogP contribution is -2.35. The van der Waals surface area contributed by atoms with E-state index in [2.05, 4.69) is 6.58 Å². The van der Waals surface area contributed by atoms with E-state index in [9.17, 15) is 4.79 Å². The van der Waals surface area contributed by atoms with Crippen LogP contribution < -0.4 is 0 Å². The second-order valence-corrected chi connectivity index (χ2v) is 7.18. The minimum Gasteiger partial charge on any atom is -0.398 e. The van der Waals surface area contributed by atoms with E-state index in [4.69, 9.17) is 8.85 Å². The van der Waals surface area contributed by atoms with Gasteiger partial charge in [0.25, 0.3) is 0 Å². The fourth-order valence-electron chi connectivity index (χ4n) is 1.07. The molecule has 4 heteroatoms. The van der Waals surface area contributed by atoms with E-state index < -0.39 is 8.56 Å². The highest BCUT2D eigenvalue weighted by molar-refractivity contribution is 6.65. The molecular formula is C10H20O3Si. The summed E-state index contributed by atoms with van der Waals surface area (Å²) in [6.45, 7) is 7.35. The zero-order valence-electron chi connectivity index (χ0n) is 9.55. The van der Waals surface area contributed by atoms with Gasteiger partial charge in [-0.25, -0.2) is 0 Å². The maximum atomic E-state index is 11.2. The zero-order chi connectivity index (χ0) is 11.2. The molecule has 0 spiro atoms. The van der Waals surface area contributed by atoms with E-state index in [0.717, 1.165) is 12.5 Å². The van der Waals surface area contributed by atoms with Gasteiger partial charge in [-0.1, -0.05) is 6.58 Å². The molecule has 0 aliphatic rings. The quantitative estimate of drug-likeness (QED) is 0.484. The van der Waals surface area contributed by atoms with Gasteiger partial charge in [0.1, 0.15) is 0 Å². The van der Waals surface area contributed by atoms with E-state index >= 15 is 0 Å². The van der Waals surface area contributed by atoms with Crippen molar-refractivity contribution in [1.29, 1.82) is 0 Å². The highest BCUT2D eigenvalue weighted by Crippen LogP contribution is 2.15. The van der Waals surface area contributed by atoms with Crippen LogP contribution in [0, 0.1) is 0 Å². The average molecular weight is 216 g/mol. The van der Waals surface area contributed by atoms with Crippen LogP contribution in [0.1, 0.15) is 19.8 Å². The first-order valence-electron chi connectivity index (χ1n) is 4.74. The Kier molecular flexibility index (Phi) is 5.91. The molecule has 0 heterocycles. The van der Waals surface area contributed by atoms with E-state index in [1.54, 1.807) is 21.1 Å². The van der Waals surface area contributed by atoms with Crippen molar-refractivity contribution >= 4 is 14.3 Å². The van der Waals surface area contributed by atoms with Crippen molar-refractivity contribution in [2.75, 3.05) is 14.2 Å².